The van der Waals surface area contributed by atoms with Crippen LogP contribution in [-0.2, 0) is 32.7 Å². The molecule has 9 nitrogen and oxygen atoms in total. The Morgan fingerprint density at radius 1 is 0.608 bits per heavy atom. The number of hydrogen-bond donors (Lipinski definition) is 1. The number of carbonyl (C=O) groups is 2. The quantitative estimate of drug-likeness (QED) is 0.0222. The molecule has 2 atom stereocenters. The molecule has 0 aliphatic heterocycles. The number of carbonyl (C=O) groups excluding carboxylic acids is 2. The van der Waals surface area contributed by atoms with Gasteiger partial charge in [0.15, 0.2) is 6.10 Å². The van der Waals surface area contributed by atoms with Gasteiger partial charge >= 0.3 is 19.8 Å². The number of likely N-dealkylation sites (N-methyl/N-ethyl adjacent to an activating group) is 1. The highest BCUT2D eigenvalue weighted by Gasteiger charge is 2.27. The molecule has 0 spiro atoms. The third kappa shape index (κ3) is 37.8. The second-order valence-electron chi connectivity index (χ2n) is 14.7. The van der Waals surface area contributed by atoms with E-state index >= 15 is 0 Å². The van der Waals surface area contributed by atoms with Crippen LogP contribution in [0.1, 0.15) is 162 Å². The zero-order chi connectivity index (χ0) is 37.9. The van der Waals surface area contributed by atoms with E-state index in [1.54, 1.807) is 0 Å². The van der Waals surface area contributed by atoms with Crippen molar-refractivity contribution >= 4 is 19.8 Å². The largest absolute Gasteiger partial charge is 0.472 e. The lowest BCUT2D eigenvalue weighted by atomic mass is 10.1. The van der Waals surface area contributed by atoms with Gasteiger partial charge in [0.1, 0.15) is 19.8 Å². The van der Waals surface area contributed by atoms with Crippen molar-refractivity contribution < 1.29 is 42.1 Å². The van der Waals surface area contributed by atoms with Gasteiger partial charge in [-0.15, -0.1) is 0 Å². The normalized spacial score (nSPS) is 14.1. The van der Waals surface area contributed by atoms with Crippen molar-refractivity contribution in [3.05, 3.63) is 36.5 Å². The van der Waals surface area contributed by atoms with Gasteiger partial charge in [0.05, 0.1) is 27.7 Å². The fraction of sp³-hybridized carbons (Fsp3) is 0.805. The van der Waals surface area contributed by atoms with Crippen LogP contribution in [0, 0.1) is 0 Å². The van der Waals surface area contributed by atoms with Crippen molar-refractivity contribution in [2.45, 2.75) is 168 Å². The summed E-state index contributed by atoms with van der Waals surface area (Å²) in [6, 6.07) is 0. The minimum Gasteiger partial charge on any atom is -0.462 e. The molecule has 0 saturated carbocycles. The fourth-order valence-electron chi connectivity index (χ4n) is 5.20. The Balaban J connectivity index is 4.41. The van der Waals surface area contributed by atoms with E-state index < -0.39 is 26.5 Å². The van der Waals surface area contributed by atoms with E-state index in [0.717, 1.165) is 51.4 Å². The Kier molecular flexibility index (Phi) is 32.8. The van der Waals surface area contributed by atoms with Gasteiger partial charge in [-0.1, -0.05) is 134 Å². The van der Waals surface area contributed by atoms with Gasteiger partial charge in [-0.05, 0) is 51.4 Å². The van der Waals surface area contributed by atoms with Crippen LogP contribution in [0.3, 0.4) is 0 Å². The minimum absolute atomic E-state index is 0.0282. The smallest absolute Gasteiger partial charge is 0.462 e. The van der Waals surface area contributed by atoms with Crippen LogP contribution in [0.15, 0.2) is 36.5 Å². The highest BCUT2D eigenvalue weighted by Crippen LogP contribution is 2.43. The first-order valence-electron chi connectivity index (χ1n) is 20.2. The third-order valence-corrected chi connectivity index (χ3v) is 9.41. The molecule has 298 valence electrons. The number of phosphoric ester groups is 1. The molecule has 0 aromatic carbocycles. The number of ether oxygens (including phenoxy) is 2. The zero-order valence-corrected chi connectivity index (χ0v) is 34.2. The Bertz CT molecular complexity index is 975. The van der Waals surface area contributed by atoms with Crippen LogP contribution in [-0.4, -0.2) is 74.9 Å². The maximum Gasteiger partial charge on any atom is 0.472 e. The average molecular weight is 743 g/mol. The van der Waals surface area contributed by atoms with Crippen LogP contribution in [0.4, 0.5) is 0 Å². The van der Waals surface area contributed by atoms with E-state index in [2.05, 4.69) is 50.3 Å². The van der Waals surface area contributed by atoms with Crippen molar-refractivity contribution in [1.29, 1.82) is 0 Å². The molecular formula is C41H77NO8P+. The Morgan fingerprint density at radius 3 is 1.61 bits per heavy atom. The predicted molar refractivity (Wildman–Crippen MR) is 210 cm³/mol. The van der Waals surface area contributed by atoms with Crippen LogP contribution in [0.2, 0.25) is 0 Å². The third-order valence-electron chi connectivity index (χ3n) is 8.42. The molecule has 0 aliphatic rings. The Labute approximate surface area is 312 Å². The number of hydrogen-bond acceptors (Lipinski definition) is 7. The van der Waals surface area contributed by atoms with Crippen molar-refractivity contribution in [3.8, 4) is 0 Å². The molecule has 0 aliphatic carbocycles. The highest BCUT2D eigenvalue weighted by molar-refractivity contribution is 7.47. The minimum atomic E-state index is -4.37. The van der Waals surface area contributed by atoms with E-state index in [1.807, 2.05) is 21.1 Å². The maximum atomic E-state index is 12.6. The van der Waals surface area contributed by atoms with Gasteiger partial charge in [0.2, 0.25) is 0 Å². The molecule has 0 amide bonds. The molecule has 0 radical (unpaired) electrons. The van der Waals surface area contributed by atoms with Crippen molar-refractivity contribution in [2.24, 2.45) is 0 Å². The lowest BCUT2D eigenvalue weighted by Gasteiger charge is -2.24. The summed E-state index contributed by atoms with van der Waals surface area (Å²) in [7, 11) is 1.46. The lowest BCUT2D eigenvalue weighted by Crippen LogP contribution is -2.37. The van der Waals surface area contributed by atoms with E-state index in [0.29, 0.717) is 23.9 Å². The van der Waals surface area contributed by atoms with Gasteiger partial charge in [-0.25, -0.2) is 4.57 Å². The molecule has 10 heteroatoms. The summed E-state index contributed by atoms with van der Waals surface area (Å²) in [5.74, 6) is -0.826. The van der Waals surface area contributed by atoms with E-state index in [4.69, 9.17) is 18.5 Å². The maximum absolute atomic E-state index is 12.6. The monoisotopic (exact) mass is 743 g/mol. The molecule has 0 aromatic heterocycles. The van der Waals surface area contributed by atoms with Gasteiger partial charge in [-0.2, -0.15) is 0 Å². The molecule has 1 N–H and O–H groups in total. The number of allylic oxidation sites excluding steroid dienone is 6. The van der Waals surface area contributed by atoms with E-state index in [1.165, 1.54) is 70.6 Å². The first-order valence-corrected chi connectivity index (χ1v) is 21.7. The molecule has 0 saturated heterocycles. The molecule has 0 bridgehead atoms. The molecule has 0 fully saturated rings. The van der Waals surface area contributed by atoms with Crippen LogP contribution >= 0.6 is 7.82 Å². The van der Waals surface area contributed by atoms with E-state index in [9.17, 15) is 19.0 Å². The van der Waals surface area contributed by atoms with Gasteiger partial charge in [-0.3, -0.25) is 18.6 Å². The highest BCUT2D eigenvalue weighted by atomic mass is 31.2. The summed E-state index contributed by atoms with van der Waals surface area (Å²) in [4.78, 5) is 35.2. The van der Waals surface area contributed by atoms with Gasteiger partial charge < -0.3 is 18.9 Å². The molecule has 1 unspecified atom stereocenters. The SMILES string of the molecule is CCCCC/C=C\C/C=C\C/C=C\CCCCCCC(=O)OC[C@H](COP(=O)(O)OCC[N+](C)(C)C)OC(=O)CCCCCCCCCCCC. The van der Waals surface area contributed by atoms with Gasteiger partial charge in [0, 0.05) is 12.8 Å². The summed E-state index contributed by atoms with van der Waals surface area (Å²) in [6.07, 6.45) is 36.2. The predicted octanol–water partition coefficient (Wildman–Crippen LogP) is 11.0. The van der Waals surface area contributed by atoms with Crippen LogP contribution < -0.4 is 0 Å². The first kappa shape index (κ1) is 49.2. The summed E-state index contributed by atoms with van der Waals surface area (Å²) < 4.78 is 34.1. The summed E-state index contributed by atoms with van der Waals surface area (Å²) in [6.45, 7) is 4.34. The molecule has 0 aromatic rings. The number of nitrogens with zero attached hydrogens (tertiary/aromatic N) is 1. The molecule has 0 heterocycles. The number of phosphoric acid groups is 1. The number of rotatable bonds is 36. The molecule has 51 heavy (non-hydrogen) atoms. The second kappa shape index (κ2) is 34.0. The van der Waals surface area contributed by atoms with Crippen molar-refractivity contribution in [1.82, 2.24) is 0 Å². The molecule has 0 rings (SSSR count). The van der Waals surface area contributed by atoms with E-state index in [-0.39, 0.29) is 32.0 Å². The van der Waals surface area contributed by atoms with Crippen LogP contribution in [0.5, 0.6) is 0 Å². The first-order chi connectivity index (χ1) is 24.5. The Hall–Kier alpha value is -1.77. The standard InChI is InChI=1S/C41H76NO8P/c1-6-8-10-12-14-16-18-19-20-21-22-23-24-26-27-29-31-33-40(43)47-37-39(38-49-51(45,46)48-36-35-42(3,4)5)50-41(44)34-32-30-28-25-17-15-13-11-9-7-2/h14,16,19-20,22-23,39H,6-13,15,17-18,21,24-38H2,1-5H3/p+1/b16-14-,20-19-,23-22-/t39-/m1/s1. The number of unbranched alkanes of at least 4 members (excludes halogenated alkanes) is 16. The lowest BCUT2D eigenvalue weighted by molar-refractivity contribution is -0.870. The summed E-state index contributed by atoms with van der Waals surface area (Å²) in [5, 5.41) is 0. The zero-order valence-electron chi connectivity index (χ0n) is 33.3. The van der Waals surface area contributed by atoms with Crippen molar-refractivity contribution in [2.75, 3.05) is 47.5 Å². The fourth-order valence-corrected chi connectivity index (χ4v) is 5.94. The summed E-state index contributed by atoms with van der Waals surface area (Å²) >= 11 is 0. The topological polar surface area (TPSA) is 108 Å². The summed E-state index contributed by atoms with van der Waals surface area (Å²) in [5.41, 5.74) is 0. The van der Waals surface area contributed by atoms with Crippen molar-refractivity contribution in [3.63, 3.8) is 0 Å². The van der Waals surface area contributed by atoms with Crippen LogP contribution in [0.25, 0.3) is 0 Å². The number of esters is 2. The number of quaternary nitrogens is 1. The Morgan fingerprint density at radius 2 is 1.06 bits per heavy atom. The average Bonchev–Trinajstić information content (AvgIpc) is 3.07. The molecular weight excluding hydrogens is 665 g/mol. The second-order valence-corrected chi connectivity index (χ2v) is 16.1. The van der Waals surface area contributed by atoms with Gasteiger partial charge in [0.25, 0.3) is 0 Å².